The van der Waals surface area contributed by atoms with Gasteiger partial charge in [-0.2, -0.15) is 5.26 Å². The standard InChI is InChI=1S/C10H12N4O3/c1-17-4-2-3-12-10-8(6-11)5-9(7-13-10)14(15)16/h5,7H,2-4H2,1H3,(H,12,13). The van der Waals surface area contributed by atoms with Crippen LogP contribution in [0.3, 0.4) is 0 Å². The minimum atomic E-state index is -0.581. The molecule has 1 N–H and O–H groups in total. The van der Waals surface area contributed by atoms with Crippen LogP contribution in [0.4, 0.5) is 11.5 Å². The van der Waals surface area contributed by atoms with Crippen molar-refractivity contribution in [3.8, 4) is 6.07 Å². The van der Waals surface area contributed by atoms with E-state index >= 15 is 0 Å². The number of ether oxygens (including phenoxy) is 1. The molecule has 1 aromatic rings. The van der Waals surface area contributed by atoms with E-state index in [-0.39, 0.29) is 11.3 Å². The number of anilines is 1. The van der Waals surface area contributed by atoms with Gasteiger partial charge in [-0.05, 0) is 6.42 Å². The number of hydrogen-bond acceptors (Lipinski definition) is 6. The Morgan fingerprint density at radius 1 is 1.71 bits per heavy atom. The third-order valence-electron chi connectivity index (χ3n) is 2.02. The van der Waals surface area contributed by atoms with Gasteiger partial charge in [-0.25, -0.2) is 4.98 Å². The third kappa shape index (κ3) is 3.70. The number of methoxy groups -OCH3 is 1. The van der Waals surface area contributed by atoms with E-state index in [1.807, 2.05) is 6.07 Å². The van der Waals surface area contributed by atoms with Crippen LogP contribution in [-0.2, 0) is 4.74 Å². The first-order chi connectivity index (χ1) is 8.19. The van der Waals surface area contributed by atoms with E-state index in [1.54, 1.807) is 7.11 Å². The van der Waals surface area contributed by atoms with Gasteiger partial charge < -0.3 is 10.1 Å². The van der Waals surface area contributed by atoms with Crippen LogP contribution in [0.1, 0.15) is 12.0 Å². The number of nitro groups is 1. The fourth-order valence-corrected chi connectivity index (χ4v) is 1.20. The molecule has 0 atom stereocenters. The molecule has 0 aliphatic rings. The molecule has 1 rings (SSSR count). The van der Waals surface area contributed by atoms with E-state index in [0.29, 0.717) is 19.0 Å². The lowest BCUT2D eigenvalue weighted by atomic mass is 10.2. The van der Waals surface area contributed by atoms with Crippen molar-refractivity contribution < 1.29 is 9.66 Å². The number of aromatic nitrogens is 1. The first-order valence-electron chi connectivity index (χ1n) is 4.96. The Morgan fingerprint density at radius 3 is 3.06 bits per heavy atom. The van der Waals surface area contributed by atoms with Gasteiger partial charge in [0.2, 0.25) is 0 Å². The average Bonchev–Trinajstić information content (AvgIpc) is 2.34. The predicted molar refractivity (Wildman–Crippen MR) is 60.6 cm³/mol. The van der Waals surface area contributed by atoms with Crippen LogP contribution >= 0.6 is 0 Å². The maximum atomic E-state index is 10.5. The van der Waals surface area contributed by atoms with Gasteiger partial charge in [0.05, 0.1) is 4.92 Å². The molecule has 0 fully saturated rings. The van der Waals surface area contributed by atoms with Crippen molar-refractivity contribution >= 4 is 11.5 Å². The molecule has 0 saturated heterocycles. The number of nitrogens with one attached hydrogen (secondary N) is 1. The highest BCUT2D eigenvalue weighted by Gasteiger charge is 2.11. The molecule has 0 spiro atoms. The number of rotatable bonds is 6. The van der Waals surface area contributed by atoms with Crippen molar-refractivity contribution in [2.45, 2.75) is 6.42 Å². The lowest BCUT2D eigenvalue weighted by molar-refractivity contribution is -0.385. The van der Waals surface area contributed by atoms with E-state index in [1.165, 1.54) is 6.07 Å². The fraction of sp³-hybridized carbons (Fsp3) is 0.400. The number of nitrogens with zero attached hydrogens (tertiary/aromatic N) is 3. The quantitative estimate of drug-likeness (QED) is 0.454. The molecule has 7 heteroatoms. The van der Waals surface area contributed by atoms with Crippen LogP contribution in [0.2, 0.25) is 0 Å². The van der Waals surface area contributed by atoms with Crippen molar-refractivity contribution in [1.82, 2.24) is 4.98 Å². The van der Waals surface area contributed by atoms with Crippen LogP contribution in [-0.4, -0.2) is 30.2 Å². The Morgan fingerprint density at radius 2 is 2.47 bits per heavy atom. The molecule has 0 unspecified atom stereocenters. The average molecular weight is 236 g/mol. The minimum Gasteiger partial charge on any atom is -0.385 e. The van der Waals surface area contributed by atoms with E-state index < -0.39 is 4.92 Å². The van der Waals surface area contributed by atoms with Crippen molar-refractivity contribution in [3.63, 3.8) is 0 Å². The molecule has 0 aliphatic carbocycles. The van der Waals surface area contributed by atoms with Gasteiger partial charge in [-0.15, -0.1) is 0 Å². The van der Waals surface area contributed by atoms with E-state index in [0.717, 1.165) is 12.6 Å². The van der Waals surface area contributed by atoms with Crippen LogP contribution in [0, 0.1) is 21.4 Å². The summed E-state index contributed by atoms with van der Waals surface area (Å²) in [6.45, 7) is 1.19. The highest BCUT2D eigenvalue weighted by molar-refractivity contribution is 5.55. The normalized spacial score (nSPS) is 9.65. The lowest BCUT2D eigenvalue weighted by Gasteiger charge is -2.06. The number of nitriles is 1. The molecule has 1 aromatic heterocycles. The zero-order valence-corrected chi connectivity index (χ0v) is 9.34. The molecule has 0 aromatic carbocycles. The Labute approximate surface area is 98.2 Å². The SMILES string of the molecule is COCCCNc1ncc([N+](=O)[O-])cc1C#N. The zero-order chi connectivity index (χ0) is 12.7. The summed E-state index contributed by atoms with van der Waals surface area (Å²) < 4.78 is 4.87. The summed E-state index contributed by atoms with van der Waals surface area (Å²) in [5.74, 6) is 0.356. The van der Waals surface area contributed by atoms with Gasteiger partial charge in [-0.1, -0.05) is 0 Å². The molecular formula is C10H12N4O3. The fourth-order valence-electron chi connectivity index (χ4n) is 1.20. The Balaban J connectivity index is 2.73. The van der Waals surface area contributed by atoms with Gasteiger partial charge in [0.25, 0.3) is 5.69 Å². The molecule has 7 nitrogen and oxygen atoms in total. The largest absolute Gasteiger partial charge is 0.385 e. The van der Waals surface area contributed by atoms with Crippen molar-refractivity contribution in [1.29, 1.82) is 5.26 Å². The van der Waals surface area contributed by atoms with Gasteiger partial charge in [0, 0.05) is 26.3 Å². The van der Waals surface area contributed by atoms with Gasteiger partial charge in [0.15, 0.2) is 0 Å². The van der Waals surface area contributed by atoms with Crippen LogP contribution < -0.4 is 5.32 Å². The molecule has 0 aliphatic heterocycles. The first kappa shape index (κ1) is 12.9. The maximum absolute atomic E-state index is 10.5. The zero-order valence-electron chi connectivity index (χ0n) is 9.34. The highest BCUT2D eigenvalue weighted by Crippen LogP contribution is 2.17. The summed E-state index contributed by atoms with van der Waals surface area (Å²) in [7, 11) is 1.60. The van der Waals surface area contributed by atoms with Gasteiger partial charge in [0.1, 0.15) is 23.6 Å². The molecule has 0 amide bonds. The van der Waals surface area contributed by atoms with Crippen molar-refractivity contribution in [2.24, 2.45) is 0 Å². The van der Waals surface area contributed by atoms with Crippen molar-refractivity contribution in [2.75, 3.05) is 25.6 Å². The van der Waals surface area contributed by atoms with E-state index in [2.05, 4.69) is 10.3 Å². The number of hydrogen-bond donors (Lipinski definition) is 1. The second-order valence-corrected chi connectivity index (χ2v) is 3.23. The maximum Gasteiger partial charge on any atom is 0.289 e. The summed E-state index contributed by atoms with van der Waals surface area (Å²) in [6.07, 6.45) is 1.89. The Hall–Kier alpha value is -2.20. The lowest BCUT2D eigenvalue weighted by Crippen LogP contribution is -2.07. The molecule has 0 saturated carbocycles. The molecule has 0 bridgehead atoms. The second kappa shape index (κ2) is 6.40. The summed E-state index contributed by atoms with van der Waals surface area (Å²) in [5, 5.41) is 22.3. The smallest absolute Gasteiger partial charge is 0.289 e. The minimum absolute atomic E-state index is 0.164. The topological polar surface area (TPSA) is 101 Å². The molecule has 17 heavy (non-hydrogen) atoms. The van der Waals surface area contributed by atoms with Gasteiger partial charge in [-0.3, -0.25) is 10.1 Å². The van der Waals surface area contributed by atoms with Crippen molar-refractivity contribution in [3.05, 3.63) is 27.9 Å². The Bertz CT molecular complexity index is 442. The number of pyridine rings is 1. The first-order valence-corrected chi connectivity index (χ1v) is 4.96. The summed E-state index contributed by atoms with van der Waals surface area (Å²) in [4.78, 5) is 13.8. The predicted octanol–water partition coefficient (Wildman–Crippen LogP) is 1.31. The van der Waals surface area contributed by atoms with E-state index in [4.69, 9.17) is 10.00 Å². The molecule has 1 heterocycles. The molecule has 0 radical (unpaired) electrons. The van der Waals surface area contributed by atoms with Gasteiger partial charge >= 0.3 is 0 Å². The molecular weight excluding hydrogens is 224 g/mol. The van der Waals surface area contributed by atoms with Crippen LogP contribution in [0.15, 0.2) is 12.3 Å². The van der Waals surface area contributed by atoms with Crippen LogP contribution in [0.5, 0.6) is 0 Å². The van der Waals surface area contributed by atoms with Crippen LogP contribution in [0.25, 0.3) is 0 Å². The monoisotopic (exact) mass is 236 g/mol. The summed E-state index contributed by atoms with van der Waals surface area (Å²) >= 11 is 0. The summed E-state index contributed by atoms with van der Waals surface area (Å²) in [5.41, 5.74) is -0.0272. The molecule has 90 valence electrons. The highest BCUT2D eigenvalue weighted by atomic mass is 16.6. The summed E-state index contributed by atoms with van der Waals surface area (Å²) in [6, 6.07) is 3.07. The third-order valence-corrected chi connectivity index (χ3v) is 2.02. The van der Waals surface area contributed by atoms with E-state index in [9.17, 15) is 10.1 Å². The second-order valence-electron chi connectivity index (χ2n) is 3.23. The Kier molecular flexibility index (Phi) is 4.84.